The van der Waals surface area contributed by atoms with Gasteiger partial charge in [0.25, 0.3) is 5.91 Å². The zero-order valence-electron chi connectivity index (χ0n) is 17.1. The van der Waals surface area contributed by atoms with E-state index in [0.29, 0.717) is 11.6 Å². The largest absolute Gasteiger partial charge is 0.324 e. The number of nitrogens with zero attached hydrogens (tertiary/aromatic N) is 4. The molecule has 3 heterocycles. The second-order valence-corrected chi connectivity index (χ2v) is 7.78. The monoisotopic (exact) mass is 438 g/mol. The van der Waals surface area contributed by atoms with Crippen molar-refractivity contribution < 1.29 is 4.79 Å². The standard InChI is InChI=1S/C24H18N6OS/c1-16-6-7-19(28-23(31)18(14-25)12-20-5-3-11-32-20)13-22(16)30-24-27-10-8-21(29-24)17-4-2-9-26-15-17/h2-13,15H,1H3,(H,28,31)(H,27,29,30)/b18-12+. The first-order valence-corrected chi connectivity index (χ1v) is 10.6. The van der Waals surface area contributed by atoms with Crippen molar-refractivity contribution in [2.45, 2.75) is 6.92 Å². The number of amides is 1. The van der Waals surface area contributed by atoms with Gasteiger partial charge in [-0.3, -0.25) is 9.78 Å². The van der Waals surface area contributed by atoms with E-state index in [-0.39, 0.29) is 5.57 Å². The number of carbonyl (C=O) groups excluding carboxylic acids is 1. The zero-order valence-corrected chi connectivity index (χ0v) is 17.9. The molecule has 0 fully saturated rings. The summed E-state index contributed by atoms with van der Waals surface area (Å²) in [5, 5.41) is 17.3. The summed E-state index contributed by atoms with van der Waals surface area (Å²) >= 11 is 1.46. The summed E-state index contributed by atoms with van der Waals surface area (Å²) in [6.07, 6.45) is 6.70. The maximum Gasteiger partial charge on any atom is 0.266 e. The second-order valence-electron chi connectivity index (χ2n) is 6.80. The average Bonchev–Trinajstić information content (AvgIpc) is 3.34. The molecule has 4 rings (SSSR count). The molecule has 0 aliphatic carbocycles. The number of nitriles is 1. The van der Waals surface area contributed by atoms with Gasteiger partial charge >= 0.3 is 0 Å². The fourth-order valence-electron chi connectivity index (χ4n) is 2.91. The van der Waals surface area contributed by atoms with Gasteiger partial charge in [-0.25, -0.2) is 9.97 Å². The molecule has 3 aromatic heterocycles. The van der Waals surface area contributed by atoms with Crippen LogP contribution in [0.1, 0.15) is 10.4 Å². The number of hydrogen-bond acceptors (Lipinski definition) is 7. The van der Waals surface area contributed by atoms with Crippen LogP contribution in [0.25, 0.3) is 17.3 Å². The van der Waals surface area contributed by atoms with Gasteiger partial charge in [0.05, 0.1) is 5.69 Å². The van der Waals surface area contributed by atoms with Gasteiger partial charge in [0.1, 0.15) is 11.6 Å². The van der Waals surface area contributed by atoms with E-state index in [1.807, 2.05) is 54.8 Å². The van der Waals surface area contributed by atoms with Crippen LogP contribution in [0, 0.1) is 18.3 Å². The number of anilines is 3. The first-order valence-electron chi connectivity index (χ1n) is 9.70. The lowest BCUT2D eigenvalue weighted by Crippen LogP contribution is -2.13. The first kappa shape index (κ1) is 20.9. The van der Waals surface area contributed by atoms with Crippen LogP contribution >= 0.6 is 11.3 Å². The lowest BCUT2D eigenvalue weighted by Gasteiger charge is -2.12. The van der Waals surface area contributed by atoms with Crippen molar-refractivity contribution in [3.8, 4) is 17.3 Å². The van der Waals surface area contributed by atoms with Crippen molar-refractivity contribution in [1.82, 2.24) is 15.0 Å². The molecule has 0 unspecified atom stereocenters. The molecule has 8 heteroatoms. The van der Waals surface area contributed by atoms with E-state index < -0.39 is 5.91 Å². The van der Waals surface area contributed by atoms with E-state index in [4.69, 9.17) is 0 Å². The van der Waals surface area contributed by atoms with E-state index in [0.717, 1.165) is 27.4 Å². The smallest absolute Gasteiger partial charge is 0.266 e. The van der Waals surface area contributed by atoms with E-state index in [2.05, 4.69) is 25.6 Å². The molecule has 0 saturated heterocycles. The highest BCUT2D eigenvalue weighted by molar-refractivity contribution is 7.10. The fraction of sp³-hybridized carbons (Fsp3) is 0.0417. The predicted molar refractivity (Wildman–Crippen MR) is 126 cm³/mol. The van der Waals surface area contributed by atoms with Gasteiger partial charge in [0, 0.05) is 40.4 Å². The Morgan fingerprint density at radius 2 is 2.06 bits per heavy atom. The van der Waals surface area contributed by atoms with Crippen LogP contribution in [0.5, 0.6) is 0 Å². The lowest BCUT2D eigenvalue weighted by molar-refractivity contribution is -0.112. The number of aromatic nitrogens is 3. The number of rotatable bonds is 6. The maximum absolute atomic E-state index is 12.6. The molecular weight excluding hydrogens is 420 g/mol. The molecule has 0 atom stereocenters. The maximum atomic E-state index is 12.6. The molecule has 1 aromatic carbocycles. The van der Waals surface area contributed by atoms with E-state index in [9.17, 15) is 10.1 Å². The number of hydrogen-bond donors (Lipinski definition) is 2. The molecule has 1 amide bonds. The molecule has 0 aliphatic heterocycles. The van der Waals surface area contributed by atoms with Gasteiger partial charge in [-0.05, 0) is 60.3 Å². The fourth-order valence-corrected chi connectivity index (χ4v) is 3.57. The number of pyridine rings is 1. The van der Waals surface area contributed by atoms with Crippen molar-refractivity contribution in [3.63, 3.8) is 0 Å². The summed E-state index contributed by atoms with van der Waals surface area (Å²) in [5.74, 6) is -0.0428. The summed E-state index contributed by atoms with van der Waals surface area (Å²) in [7, 11) is 0. The number of thiophene rings is 1. The molecular formula is C24H18N6OS. The number of aryl methyl sites for hydroxylation is 1. The van der Waals surface area contributed by atoms with Gasteiger partial charge in [0.2, 0.25) is 5.95 Å². The molecule has 32 heavy (non-hydrogen) atoms. The summed E-state index contributed by atoms with van der Waals surface area (Å²) in [6.45, 7) is 1.94. The van der Waals surface area contributed by atoms with E-state index >= 15 is 0 Å². The van der Waals surface area contributed by atoms with Crippen LogP contribution < -0.4 is 10.6 Å². The molecule has 156 valence electrons. The van der Waals surface area contributed by atoms with Gasteiger partial charge in [-0.1, -0.05) is 12.1 Å². The highest BCUT2D eigenvalue weighted by atomic mass is 32.1. The molecule has 0 bridgehead atoms. The van der Waals surface area contributed by atoms with Crippen molar-refractivity contribution in [1.29, 1.82) is 5.26 Å². The SMILES string of the molecule is Cc1ccc(NC(=O)/C(C#N)=C/c2cccs2)cc1Nc1nccc(-c2cccnc2)n1. The van der Waals surface area contributed by atoms with E-state index in [1.165, 1.54) is 11.3 Å². The highest BCUT2D eigenvalue weighted by Gasteiger charge is 2.12. The Kier molecular flexibility index (Phi) is 6.30. The molecule has 7 nitrogen and oxygen atoms in total. The minimum Gasteiger partial charge on any atom is -0.324 e. The van der Waals surface area contributed by atoms with Crippen LogP contribution in [0.3, 0.4) is 0 Å². The second kappa shape index (κ2) is 9.64. The summed E-state index contributed by atoms with van der Waals surface area (Å²) in [6, 6.07) is 16.7. The summed E-state index contributed by atoms with van der Waals surface area (Å²) in [4.78, 5) is 26.4. The Balaban J connectivity index is 1.53. The Labute approximate surface area is 189 Å². The van der Waals surface area contributed by atoms with Gasteiger partial charge in [-0.15, -0.1) is 11.3 Å². The molecule has 0 saturated carbocycles. The predicted octanol–water partition coefficient (Wildman–Crippen LogP) is 5.20. The zero-order chi connectivity index (χ0) is 22.3. The van der Waals surface area contributed by atoms with Crippen molar-refractivity contribution >= 4 is 40.6 Å². The molecule has 0 radical (unpaired) electrons. The molecule has 0 aliphatic rings. The van der Waals surface area contributed by atoms with Crippen LogP contribution in [0.4, 0.5) is 17.3 Å². The number of nitrogens with one attached hydrogen (secondary N) is 2. The Bertz CT molecular complexity index is 1310. The van der Waals surface area contributed by atoms with Gasteiger partial charge in [0.15, 0.2) is 0 Å². The summed E-state index contributed by atoms with van der Waals surface area (Å²) < 4.78 is 0. The van der Waals surface area contributed by atoms with Crippen LogP contribution in [0.15, 0.2) is 78.1 Å². The quantitative estimate of drug-likeness (QED) is 0.317. The molecule has 4 aromatic rings. The normalized spacial score (nSPS) is 10.9. The third-order valence-corrected chi connectivity index (χ3v) is 5.37. The van der Waals surface area contributed by atoms with E-state index in [1.54, 1.807) is 36.8 Å². The minimum atomic E-state index is -0.467. The van der Waals surface area contributed by atoms with Crippen LogP contribution in [0.2, 0.25) is 0 Å². The van der Waals surface area contributed by atoms with Crippen molar-refractivity contribution in [2.24, 2.45) is 0 Å². The third kappa shape index (κ3) is 5.03. The minimum absolute atomic E-state index is 0.0371. The first-order chi connectivity index (χ1) is 15.6. The summed E-state index contributed by atoms with van der Waals surface area (Å²) in [5.41, 5.74) is 3.92. The van der Waals surface area contributed by atoms with Crippen LogP contribution in [-0.4, -0.2) is 20.9 Å². The lowest BCUT2D eigenvalue weighted by atomic mass is 10.1. The average molecular weight is 439 g/mol. The number of carbonyl (C=O) groups is 1. The Morgan fingerprint density at radius 1 is 1.16 bits per heavy atom. The molecule has 2 N–H and O–H groups in total. The van der Waals surface area contributed by atoms with Crippen molar-refractivity contribution in [3.05, 3.63) is 88.5 Å². The highest BCUT2D eigenvalue weighted by Crippen LogP contribution is 2.25. The van der Waals surface area contributed by atoms with Crippen molar-refractivity contribution in [2.75, 3.05) is 10.6 Å². The van der Waals surface area contributed by atoms with Crippen LogP contribution in [-0.2, 0) is 4.79 Å². The Morgan fingerprint density at radius 3 is 2.81 bits per heavy atom. The van der Waals surface area contributed by atoms with Gasteiger partial charge < -0.3 is 10.6 Å². The third-order valence-electron chi connectivity index (χ3n) is 4.55. The Hall–Kier alpha value is -4.35. The van der Waals surface area contributed by atoms with Gasteiger partial charge in [-0.2, -0.15) is 5.26 Å². The molecule has 0 spiro atoms. The number of benzene rings is 1. The topological polar surface area (TPSA) is 104 Å².